The lowest BCUT2D eigenvalue weighted by molar-refractivity contribution is -0.122. The number of hydrogen-bond donors (Lipinski definition) is 1. The van der Waals surface area contributed by atoms with E-state index in [0.29, 0.717) is 29.9 Å². The molecule has 1 N–H and O–H groups in total. The first kappa shape index (κ1) is 18.0. The van der Waals surface area contributed by atoms with E-state index in [1.165, 1.54) is 4.57 Å². The standard InChI is InChI=1S/C21H21N3O4/c1-3-23-17-9-6-15(11-18(17)28-21(23)27)22-20(26)14-10-19(25)24(12-14)16-7-4-13(2)5-8-16/h4-9,11,14H,3,10,12H2,1-2H3,(H,22,26)/t14-/m1/s1. The first-order chi connectivity index (χ1) is 13.5. The van der Waals surface area contributed by atoms with Gasteiger partial charge in [-0.25, -0.2) is 4.79 Å². The minimum absolute atomic E-state index is 0.0644. The molecule has 28 heavy (non-hydrogen) atoms. The summed E-state index contributed by atoms with van der Waals surface area (Å²) in [6.45, 7) is 4.70. The number of aryl methyl sites for hydroxylation is 2. The molecule has 1 fully saturated rings. The van der Waals surface area contributed by atoms with Crippen molar-refractivity contribution < 1.29 is 14.0 Å². The monoisotopic (exact) mass is 379 g/mol. The third-order valence-corrected chi connectivity index (χ3v) is 5.09. The smallest absolute Gasteiger partial charge is 0.408 e. The summed E-state index contributed by atoms with van der Waals surface area (Å²) in [4.78, 5) is 38.5. The van der Waals surface area contributed by atoms with Crippen LogP contribution in [0.4, 0.5) is 11.4 Å². The zero-order chi connectivity index (χ0) is 19.8. The SMILES string of the molecule is CCn1c(=O)oc2cc(NC(=O)[C@@H]3CC(=O)N(c4ccc(C)cc4)C3)ccc21. The van der Waals surface area contributed by atoms with Gasteiger partial charge < -0.3 is 14.6 Å². The van der Waals surface area contributed by atoms with Crippen LogP contribution in [0, 0.1) is 12.8 Å². The van der Waals surface area contributed by atoms with Crippen LogP contribution in [0.15, 0.2) is 51.7 Å². The van der Waals surface area contributed by atoms with Gasteiger partial charge in [0.25, 0.3) is 0 Å². The third-order valence-electron chi connectivity index (χ3n) is 5.09. The Labute approximate surface area is 161 Å². The molecule has 2 amide bonds. The van der Waals surface area contributed by atoms with E-state index >= 15 is 0 Å². The van der Waals surface area contributed by atoms with Crippen LogP contribution in [0.3, 0.4) is 0 Å². The Bertz CT molecular complexity index is 1110. The molecule has 1 aliphatic heterocycles. The number of aromatic nitrogens is 1. The minimum Gasteiger partial charge on any atom is -0.408 e. The number of nitrogens with zero attached hydrogens (tertiary/aromatic N) is 2. The number of fused-ring (bicyclic) bond motifs is 1. The van der Waals surface area contributed by atoms with Crippen LogP contribution in [-0.2, 0) is 16.1 Å². The molecule has 144 valence electrons. The molecule has 1 aliphatic rings. The van der Waals surface area contributed by atoms with E-state index in [2.05, 4.69) is 5.32 Å². The van der Waals surface area contributed by atoms with E-state index in [9.17, 15) is 14.4 Å². The fourth-order valence-electron chi connectivity index (χ4n) is 3.55. The molecule has 0 aliphatic carbocycles. The van der Waals surface area contributed by atoms with E-state index < -0.39 is 11.7 Å². The van der Waals surface area contributed by atoms with E-state index in [4.69, 9.17) is 4.42 Å². The van der Waals surface area contributed by atoms with Gasteiger partial charge in [-0.1, -0.05) is 17.7 Å². The van der Waals surface area contributed by atoms with Crippen molar-refractivity contribution in [2.75, 3.05) is 16.8 Å². The van der Waals surface area contributed by atoms with Crippen LogP contribution in [0.1, 0.15) is 18.9 Å². The average Bonchev–Trinajstić information content (AvgIpc) is 3.21. The highest BCUT2D eigenvalue weighted by Gasteiger charge is 2.35. The highest BCUT2D eigenvalue weighted by atomic mass is 16.4. The second-order valence-electron chi connectivity index (χ2n) is 7.02. The van der Waals surface area contributed by atoms with Crippen molar-refractivity contribution in [2.45, 2.75) is 26.8 Å². The molecule has 7 heteroatoms. The Balaban J connectivity index is 1.49. The summed E-state index contributed by atoms with van der Waals surface area (Å²) in [6.07, 6.45) is 0.170. The zero-order valence-corrected chi connectivity index (χ0v) is 15.8. The minimum atomic E-state index is -0.434. The van der Waals surface area contributed by atoms with Crippen molar-refractivity contribution in [3.05, 3.63) is 58.6 Å². The Morgan fingerprint density at radius 3 is 2.64 bits per heavy atom. The third kappa shape index (κ3) is 3.19. The molecule has 0 bridgehead atoms. The molecule has 2 aromatic carbocycles. The molecule has 1 atom stereocenters. The van der Waals surface area contributed by atoms with Crippen molar-refractivity contribution >= 4 is 34.3 Å². The van der Waals surface area contributed by atoms with Gasteiger partial charge in [-0.15, -0.1) is 0 Å². The maximum atomic E-state index is 12.7. The van der Waals surface area contributed by atoms with Crippen molar-refractivity contribution in [3.63, 3.8) is 0 Å². The molecular weight excluding hydrogens is 358 g/mol. The molecule has 0 spiro atoms. The van der Waals surface area contributed by atoms with Gasteiger partial charge in [0.1, 0.15) is 0 Å². The van der Waals surface area contributed by atoms with Crippen molar-refractivity contribution in [3.8, 4) is 0 Å². The van der Waals surface area contributed by atoms with E-state index in [-0.39, 0.29) is 18.2 Å². The summed E-state index contributed by atoms with van der Waals surface area (Å²) in [7, 11) is 0. The molecule has 0 unspecified atom stereocenters. The largest absolute Gasteiger partial charge is 0.419 e. The quantitative estimate of drug-likeness (QED) is 0.755. The van der Waals surface area contributed by atoms with Crippen LogP contribution in [0.25, 0.3) is 11.1 Å². The Morgan fingerprint density at radius 1 is 1.18 bits per heavy atom. The predicted octanol–water partition coefficient (Wildman–Crippen LogP) is 2.91. The van der Waals surface area contributed by atoms with Crippen molar-refractivity contribution in [1.29, 1.82) is 0 Å². The highest BCUT2D eigenvalue weighted by molar-refractivity contribution is 6.03. The summed E-state index contributed by atoms with van der Waals surface area (Å²) in [5, 5.41) is 2.84. The zero-order valence-electron chi connectivity index (χ0n) is 15.8. The fraction of sp³-hybridized carbons (Fsp3) is 0.286. The van der Waals surface area contributed by atoms with E-state index in [1.54, 1.807) is 23.1 Å². The number of amides is 2. The lowest BCUT2D eigenvalue weighted by Crippen LogP contribution is -2.28. The second-order valence-corrected chi connectivity index (χ2v) is 7.02. The number of rotatable bonds is 4. The van der Waals surface area contributed by atoms with Gasteiger partial charge in [0.05, 0.1) is 11.4 Å². The van der Waals surface area contributed by atoms with Crippen molar-refractivity contribution in [2.24, 2.45) is 5.92 Å². The number of carbonyl (C=O) groups excluding carboxylic acids is 2. The Kier molecular flexibility index (Phi) is 4.50. The molecule has 4 rings (SSSR count). The number of anilines is 2. The van der Waals surface area contributed by atoms with Crippen LogP contribution in [0.2, 0.25) is 0 Å². The first-order valence-electron chi connectivity index (χ1n) is 9.27. The lowest BCUT2D eigenvalue weighted by atomic mass is 10.1. The van der Waals surface area contributed by atoms with Crippen LogP contribution >= 0.6 is 0 Å². The molecule has 2 heterocycles. The first-order valence-corrected chi connectivity index (χ1v) is 9.27. The van der Waals surface area contributed by atoms with Crippen LogP contribution < -0.4 is 16.0 Å². The average molecular weight is 379 g/mol. The molecular formula is C21H21N3O4. The summed E-state index contributed by atoms with van der Waals surface area (Å²) in [5.74, 6) is -1.14. The van der Waals surface area contributed by atoms with Crippen LogP contribution in [-0.4, -0.2) is 22.9 Å². The van der Waals surface area contributed by atoms with Crippen LogP contribution in [0.5, 0.6) is 0 Å². The normalized spacial score (nSPS) is 16.7. The number of carbonyl (C=O) groups is 2. The topological polar surface area (TPSA) is 84.5 Å². The molecule has 1 aromatic heterocycles. The maximum Gasteiger partial charge on any atom is 0.419 e. The second kappa shape index (κ2) is 6.99. The van der Waals surface area contributed by atoms with Gasteiger partial charge in [0, 0.05) is 37.0 Å². The summed E-state index contributed by atoms with van der Waals surface area (Å²) in [5.41, 5.74) is 3.56. The molecule has 1 saturated heterocycles. The number of hydrogen-bond acceptors (Lipinski definition) is 4. The Hall–Kier alpha value is -3.35. The van der Waals surface area contributed by atoms with Gasteiger partial charge in [0.15, 0.2) is 5.58 Å². The Morgan fingerprint density at radius 2 is 1.93 bits per heavy atom. The predicted molar refractivity (Wildman–Crippen MR) is 106 cm³/mol. The molecule has 3 aromatic rings. The van der Waals surface area contributed by atoms with E-state index in [1.807, 2.05) is 38.1 Å². The van der Waals surface area contributed by atoms with Crippen molar-refractivity contribution in [1.82, 2.24) is 4.57 Å². The molecule has 0 radical (unpaired) electrons. The molecule has 7 nitrogen and oxygen atoms in total. The summed E-state index contributed by atoms with van der Waals surface area (Å²) in [6, 6.07) is 12.8. The van der Waals surface area contributed by atoms with E-state index in [0.717, 1.165) is 11.3 Å². The number of benzene rings is 2. The van der Waals surface area contributed by atoms with Gasteiger partial charge >= 0.3 is 5.76 Å². The fourth-order valence-corrected chi connectivity index (χ4v) is 3.55. The maximum absolute atomic E-state index is 12.7. The highest BCUT2D eigenvalue weighted by Crippen LogP contribution is 2.27. The van der Waals surface area contributed by atoms with Gasteiger partial charge in [-0.05, 0) is 38.1 Å². The van der Waals surface area contributed by atoms with Gasteiger partial charge in [-0.3, -0.25) is 14.2 Å². The summed E-state index contributed by atoms with van der Waals surface area (Å²) < 4.78 is 6.76. The van der Waals surface area contributed by atoms with Gasteiger partial charge in [-0.2, -0.15) is 0 Å². The number of oxazole rings is 1. The van der Waals surface area contributed by atoms with Gasteiger partial charge in [0.2, 0.25) is 11.8 Å². The summed E-state index contributed by atoms with van der Waals surface area (Å²) >= 11 is 0. The number of nitrogens with one attached hydrogen (secondary N) is 1. The molecule has 0 saturated carbocycles. The lowest BCUT2D eigenvalue weighted by Gasteiger charge is -2.17.